The Morgan fingerprint density at radius 1 is 0.373 bits per heavy atom. The zero-order valence-electron chi connectivity index (χ0n) is 27.5. The largest absolute Gasteiger partial charge is 0.455 e. The van der Waals surface area contributed by atoms with Gasteiger partial charge in [-0.25, -0.2) is 15.0 Å². The molecule has 238 valence electrons. The van der Waals surface area contributed by atoms with Crippen molar-refractivity contribution < 1.29 is 4.42 Å². The first-order valence-corrected chi connectivity index (χ1v) is 17.1. The summed E-state index contributed by atoms with van der Waals surface area (Å²) in [6.07, 6.45) is 0. The summed E-state index contributed by atoms with van der Waals surface area (Å²) < 4.78 is 6.60. The van der Waals surface area contributed by atoms with Crippen molar-refractivity contribution in [2.75, 3.05) is 0 Å². The summed E-state index contributed by atoms with van der Waals surface area (Å²) in [5.74, 6) is 0.680. The van der Waals surface area contributed by atoms with Crippen LogP contribution in [0.3, 0.4) is 0 Å². The van der Waals surface area contributed by atoms with E-state index in [-0.39, 0.29) is 0 Å². The minimum absolute atomic E-state index is 0.680. The normalized spacial score (nSPS) is 11.5. The highest BCUT2D eigenvalue weighted by atomic mass is 16.3. The molecule has 4 heteroatoms. The molecular weight excluding hydrogens is 623 g/mol. The Morgan fingerprint density at radius 3 is 1.75 bits per heavy atom. The van der Waals surface area contributed by atoms with Crippen LogP contribution in [0.2, 0.25) is 0 Å². The summed E-state index contributed by atoms with van der Waals surface area (Å²) in [6, 6.07) is 60.8. The van der Waals surface area contributed by atoms with Gasteiger partial charge in [-0.15, -0.1) is 0 Å². The molecule has 0 spiro atoms. The molecule has 7 aromatic carbocycles. The number of aromatic nitrogens is 3. The fraction of sp³-hybridized carbons (Fsp3) is 0. The molecule has 0 atom stereocenters. The number of fused-ring (bicyclic) bond motifs is 6. The fourth-order valence-electron chi connectivity index (χ4n) is 7.11. The van der Waals surface area contributed by atoms with E-state index in [1.807, 2.05) is 36.4 Å². The molecule has 51 heavy (non-hydrogen) atoms. The lowest BCUT2D eigenvalue weighted by molar-refractivity contribution is 0.672. The molecule has 0 aliphatic rings. The molecule has 0 saturated carbocycles. The van der Waals surface area contributed by atoms with E-state index in [2.05, 4.69) is 140 Å². The van der Waals surface area contributed by atoms with E-state index in [4.69, 9.17) is 19.4 Å². The third kappa shape index (κ3) is 5.13. The summed E-state index contributed by atoms with van der Waals surface area (Å²) >= 11 is 0. The molecule has 0 fully saturated rings. The summed E-state index contributed by atoms with van der Waals surface area (Å²) in [6.45, 7) is 0. The highest BCUT2D eigenvalue weighted by molar-refractivity contribution is 6.20. The maximum atomic E-state index is 6.60. The van der Waals surface area contributed by atoms with Crippen LogP contribution in [-0.4, -0.2) is 15.0 Å². The highest BCUT2D eigenvalue weighted by Crippen LogP contribution is 2.41. The topological polar surface area (TPSA) is 51.8 Å². The van der Waals surface area contributed by atoms with Crippen LogP contribution in [0, 0.1) is 0 Å². The van der Waals surface area contributed by atoms with E-state index in [0.717, 1.165) is 82.9 Å². The van der Waals surface area contributed by atoms with Gasteiger partial charge >= 0.3 is 0 Å². The van der Waals surface area contributed by atoms with Crippen molar-refractivity contribution >= 4 is 43.6 Å². The van der Waals surface area contributed by atoms with E-state index < -0.39 is 0 Å². The molecule has 0 aliphatic heterocycles. The number of rotatable bonds is 5. The van der Waals surface area contributed by atoms with Gasteiger partial charge < -0.3 is 4.42 Å². The lowest BCUT2D eigenvalue weighted by Crippen LogP contribution is -1.96. The molecule has 0 N–H and O–H groups in total. The molecule has 0 saturated heterocycles. The fourth-order valence-corrected chi connectivity index (χ4v) is 7.11. The van der Waals surface area contributed by atoms with Gasteiger partial charge in [0, 0.05) is 33.0 Å². The monoisotopic (exact) mass is 651 g/mol. The summed E-state index contributed by atoms with van der Waals surface area (Å²) in [4.78, 5) is 15.6. The lowest BCUT2D eigenvalue weighted by Gasteiger charge is -2.12. The van der Waals surface area contributed by atoms with Gasteiger partial charge in [0.25, 0.3) is 0 Å². The van der Waals surface area contributed by atoms with Gasteiger partial charge in [-0.2, -0.15) is 0 Å². The number of hydrogen-bond acceptors (Lipinski definition) is 4. The van der Waals surface area contributed by atoms with Gasteiger partial charge in [0.15, 0.2) is 5.82 Å². The number of hydrogen-bond donors (Lipinski definition) is 0. The molecule has 0 aliphatic carbocycles. The van der Waals surface area contributed by atoms with Crippen molar-refractivity contribution in [3.63, 3.8) is 0 Å². The molecule has 4 nitrogen and oxygen atoms in total. The first-order valence-electron chi connectivity index (χ1n) is 17.1. The molecule has 0 unspecified atom stereocenters. The molecular formula is C47H29N3O. The second-order valence-corrected chi connectivity index (χ2v) is 12.8. The minimum atomic E-state index is 0.680. The molecule has 3 heterocycles. The van der Waals surface area contributed by atoms with Crippen LogP contribution in [0.4, 0.5) is 0 Å². The van der Waals surface area contributed by atoms with Crippen molar-refractivity contribution in [2.24, 2.45) is 0 Å². The molecule has 0 amide bonds. The average Bonchev–Trinajstić information content (AvgIpc) is 3.61. The Labute approximate surface area is 294 Å². The van der Waals surface area contributed by atoms with Gasteiger partial charge in [0.2, 0.25) is 0 Å². The number of benzene rings is 7. The summed E-state index contributed by atoms with van der Waals surface area (Å²) in [5, 5.41) is 5.37. The molecule has 0 radical (unpaired) electrons. The quantitative estimate of drug-likeness (QED) is 0.174. The number of nitrogens with zero attached hydrogens (tertiary/aromatic N) is 3. The van der Waals surface area contributed by atoms with Crippen molar-refractivity contribution in [3.8, 4) is 56.3 Å². The Bertz CT molecular complexity index is 2900. The highest BCUT2D eigenvalue weighted by Gasteiger charge is 2.19. The van der Waals surface area contributed by atoms with Gasteiger partial charge in [0.1, 0.15) is 11.2 Å². The maximum Gasteiger partial charge on any atom is 0.160 e. The van der Waals surface area contributed by atoms with Gasteiger partial charge in [0.05, 0.1) is 28.0 Å². The van der Waals surface area contributed by atoms with Crippen molar-refractivity contribution in [2.45, 2.75) is 0 Å². The zero-order chi connectivity index (χ0) is 33.7. The van der Waals surface area contributed by atoms with Crippen LogP contribution < -0.4 is 0 Å². The van der Waals surface area contributed by atoms with Crippen LogP contribution in [0.25, 0.3) is 99.9 Å². The minimum Gasteiger partial charge on any atom is -0.455 e. The van der Waals surface area contributed by atoms with E-state index in [0.29, 0.717) is 5.82 Å². The third-order valence-corrected chi connectivity index (χ3v) is 9.65. The standard InChI is InChI=1S/C47H29N3O/c1-3-12-30(13-4-1)31-22-24-32(25-23-31)40-29-41(50-47(49-40)33-14-5-2-6-15-33)36-18-11-19-37(26-36)45-44-38-20-9-10-21-43(38)51-46(44)39-27-34-16-7-8-17-35(34)28-42(39)48-45/h1-29H. The lowest BCUT2D eigenvalue weighted by atomic mass is 9.98. The van der Waals surface area contributed by atoms with Crippen molar-refractivity contribution in [3.05, 3.63) is 176 Å². The van der Waals surface area contributed by atoms with Gasteiger partial charge in [-0.1, -0.05) is 146 Å². The van der Waals surface area contributed by atoms with E-state index >= 15 is 0 Å². The second kappa shape index (κ2) is 11.9. The second-order valence-electron chi connectivity index (χ2n) is 12.8. The van der Waals surface area contributed by atoms with Crippen LogP contribution in [0.15, 0.2) is 180 Å². The van der Waals surface area contributed by atoms with E-state index in [1.54, 1.807) is 0 Å². The number of pyridine rings is 1. The molecule has 10 aromatic rings. The van der Waals surface area contributed by atoms with Crippen LogP contribution >= 0.6 is 0 Å². The van der Waals surface area contributed by atoms with Crippen molar-refractivity contribution in [1.82, 2.24) is 15.0 Å². The van der Waals surface area contributed by atoms with Crippen LogP contribution in [0.1, 0.15) is 0 Å². The predicted molar refractivity (Wildman–Crippen MR) is 209 cm³/mol. The Morgan fingerprint density at radius 2 is 0.961 bits per heavy atom. The van der Waals surface area contributed by atoms with Crippen LogP contribution in [0.5, 0.6) is 0 Å². The first-order chi connectivity index (χ1) is 25.2. The molecule has 10 rings (SSSR count). The number of para-hydroxylation sites is 1. The SMILES string of the molecule is c1ccc(-c2ccc(-c3cc(-c4cccc(-c5nc6cc7ccccc7cc6c6oc7ccccc7c56)c4)nc(-c4ccccc4)n3)cc2)cc1. The first kappa shape index (κ1) is 29.0. The average molecular weight is 652 g/mol. The maximum absolute atomic E-state index is 6.60. The number of furan rings is 1. The molecule has 3 aromatic heterocycles. The van der Waals surface area contributed by atoms with Gasteiger partial charge in [-0.05, 0) is 52.2 Å². The van der Waals surface area contributed by atoms with Gasteiger partial charge in [-0.3, -0.25) is 0 Å². The van der Waals surface area contributed by atoms with E-state index in [9.17, 15) is 0 Å². The summed E-state index contributed by atoms with van der Waals surface area (Å²) in [7, 11) is 0. The predicted octanol–water partition coefficient (Wildman–Crippen LogP) is 12.4. The third-order valence-electron chi connectivity index (χ3n) is 9.65. The molecule has 0 bridgehead atoms. The summed E-state index contributed by atoms with van der Waals surface area (Å²) in [5.41, 5.74) is 11.5. The zero-order valence-corrected chi connectivity index (χ0v) is 27.5. The Balaban J connectivity index is 1.15. The van der Waals surface area contributed by atoms with Crippen molar-refractivity contribution in [1.29, 1.82) is 0 Å². The smallest absolute Gasteiger partial charge is 0.160 e. The Kier molecular flexibility index (Phi) is 6.78. The van der Waals surface area contributed by atoms with E-state index in [1.165, 1.54) is 11.1 Å². The Hall–Kier alpha value is -6.91. The van der Waals surface area contributed by atoms with Crippen LogP contribution in [-0.2, 0) is 0 Å².